The third-order valence-corrected chi connectivity index (χ3v) is 2.79. The third kappa shape index (κ3) is 2.85. The van der Waals surface area contributed by atoms with E-state index in [0.717, 1.165) is 0 Å². The lowest BCUT2D eigenvalue weighted by atomic mass is 10.1. The van der Waals surface area contributed by atoms with Crippen molar-refractivity contribution in [3.63, 3.8) is 0 Å². The van der Waals surface area contributed by atoms with Gasteiger partial charge in [0.1, 0.15) is 17.0 Å². The Hall–Kier alpha value is -2.21. The molecule has 0 atom stereocenters. The summed E-state index contributed by atoms with van der Waals surface area (Å²) >= 11 is 0. The standard InChI is InChI=1S/C14H14FNO4/c1-14(2,7-17)16-12(18)10-6-8-5-9(15)3-4-11(8)20-13(10)19/h3-6,17H,7H2,1-2H3,(H,16,18). The largest absolute Gasteiger partial charge is 0.422 e. The van der Waals surface area contributed by atoms with Crippen LogP contribution in [0.4, 0.5) is 4.39 Å². The molecule has 0 aliphatic carbocycles. The normalized spacial score (nSPS) is 11.6. The van der Waals surface area contributed by atoms with Crippen LogP contribution in [0.15, 0.2) is 33.5 Å². The maximum atomic E-state index is 13.1. The van der Waals surface area contributed by atoms with Gasteiger partial charge in [0, 0.05) is 5.39 Å². The maximum Gasteiger partial charge on any atom is 0.349 e. The lowest BCUT2D eigenvalue weighted by molar-refractivity contribution is 0.0866. The van der Waals surface area contributed by atoms with Crippen LogP contribution < -0.4 is 10.9 Å². The lowest BCUT2D eigenvalue weighted by Crippen LogP contribution is -2.47. The number of aliphatic hydroxyl groups is 1. The van der Waals surface area contributed by atoms with Crippen molar-refractivity contribution in [2.75, 3.05) is 6.61 Å². The summed E-state index contributed by atoms with van der Waals surface area (Å²) in [6, 6.07) is 4.94. The molecule has 0 aliphatic rings. The van der Waals surface area contributed by atoms with Crippen molar-refractivity contribution in [3.8, 4) is 0 Å². The molecule has 2 N–H and O–H groups in total. The molecule has 6 heteroatoms. The molecule has 1 aromatic carbocycles. The first-order chi connectivity index (χ1) is 9.32. The molecular weight excluding hydrogens is 265 g/mol. The van der Waals surface area contributed by atoms with Gasteiger partial charge in [-0.15, -0.1) is 0 Å². The molecular formula is C14H14FNO4. The number of rotatable bonds is 3. The number of fused-ring (bicyclic) bond motifs is 1. The summed E-state index contributed by atoms with van der Waals surface area (Å²) in [5.41, 5.74) is -1.71. The van der Waals surface area contributed by atoms with Crippen LogP contribution in [0.3, 0.4) is 0 Å². The summed E-state index contributed by atoms with van der Waals surface area (Å²) < 4.78 is 18.1. The van der Waals surface area contributed by atoms with Gasteiger partial charge < -0.3 is 14.8 Å². The van der Waals surface area contributed by atoms with Gasteiger partial charge in [-0.2, -0.15) is 0 Å². The molecule has 0 unspecified atom stereocenters. The molecule has 20 heavy (non-hydrogen) atoms. The van der Waals surface area contributed by atoms with E-state index < -0.39 is 22.9 Å². The first-order valence-corrected chi connectivity index (χ1v) is 5.99. The zero-order valence-corrected chi connectivity index (χ0v) is 11.1. The highest BCUT2D eigenvalue weighted by atomic mass is 19.1. The van der Waals surface area contributed by atoms with Crippen molar-refractivity contribution in [1.29, 1.82) is 0 Å². The fourth-order valence-corrected chi connectivity index (χ4v) is 1.67. The fraction of sp³-hybridized carbons (Fsp3) is 0.286. The van der Waals surface area contributed by atoms with Crippen LogP contribution in [-0.2, 0) is 0 Å². The van der Waals surface area contributed by atoms with E-state index in [1.807, 2.05) is 0 Å². The molecule has 0 saturated carbocycles. The highest BCUT2D eigenvalue weighted by molar-refractivity contribution is 5.97. The van der Waals surface area contributed by atoms with E-state index in [4.69, 9.17) is 9.52 Å². The first-order valence-electron chi connectivity index (χ1n) is 5.99. The van der Waals surface area contributed by atoms with E-state index in [2.05, 4.69) is 5.32 Å². The van der Waals surface area contributed by atoms with Gasteiger partial charge in [0.2, 0.25) is 0 Å². The van der Waals surface area contributed by atoms with Crippen LogP contribution in [-0.4, -0.2) is 23.2 Å². The van der Waals surface area contributed by atoms with E-state index >= 15 is 0 Å². The number of carbonyl (C=O) groups excluding carboxylic acids is 1. The minimum atomic E-state index is -0.875. The van der Waals surface area contributed by atoms with Gasteiger partial charge >= 0.3 is 5.63 Å². The number of hydrogen-bond donors (Lipinski definition) is 2. The van der Waals surface area contributed by atoms with Crippen LogP contribution in [0, 0.1) is 5.82 Å². The molecule has 1 heterocycles. The molecule has 5 nitrogen and oxygen atoms in total. The van der Waals surface area contributed by atoms with Crippen LogP contribution in [0.1, 0.15) is 24.2 Å². The second kappa shape index (κ2) is 5.05. The topological polar surface area (TPSA) is 79.5 Å². The van der Waals surface area contributed by atoms with Crippen molar-refractivity contribution in [3.05, 3.63) is 46.1 Å². The summed E-state index contributed by atoms with van der Waals surface area (Å²) in [7, 11) is 0. The number of halogens is 1. The van der Waals surface area contributed by atoms with Crippen LogP contribution >= 0.6 is 0 Å². The monoisotopic (exact) mass is 279 g/mol. The first kappa shape index (κ1) is 14.2. The van der Waals surface area contributed by atoms with Crippen molar-refractivity contribution in [2.24, 2.45) is 0 Å². The van der Waals surface area contributed by atoms with Crippen LogP contribution in [0.25, 0.3) is 11.0 Å². The Balaban J connectivity index is 2.46. The second-order valence-electron chi connectivity index (χ2n) is 5.13. The zero-order chi connectivity index (χ0) is 14.9. The predicted octanol–water partition coefficient (Wildman–Crippen LogP) is 1.43. The summed E-state index contributed by atoms with van der Waals surface area (Å²) in [5.74, 6) is -1.17. The maximum absolute atomic E-state index is 13.1. The quantitative estimate of drug-likeness (QED) is 0.833. The van der Waals surface area contributed by atoms with Gasteiger partial charge in [-0.05, 0) is 38.1 Å². The van der Waals surface area contributed by atoms with Crippen molar-refractivity contribution < 1.29 is 18.7 Å². The number of amides is 1. The molecule has 0 bridgehead atoms. The minimum Gasteiger partial charge on any atom is -0.422 e. The number of benzene rings is 1. The van der Waals surface area contributed by atoms with E-state index in [1.54, 1.807) is 13.8 Å². The van der Waals surface area contributed by atoms with Gasteiger partial charge in [0.25, 0.3) is 5.91 Å². The average Bonchev–Trinajstić information content (AvgIpc) is 2.38. The summed E-state index contributed by atoms with van der Waals surface area (Å²) in [4.78, 5) is 23.7. The molecule has 0 spiro atoms. The molecule has 0 aliphatic heterocycles. The Kier molecular flexibility index (Phi) is 3.59. The number of nitrogens with one attached hydrogen (secondary N) is 1. The molecule has 0 fully saturated rings. The molecule has 1 aromatic heterocycles. The molecule has 1 amide bonds. The van der Waals surface area contributed by atoms with E-state index in [0.29, 0.717) is 5.39 Å². The zero-order valence-electron chi connectivity index (χ0n) is 11.1. The minimum absolute atomic E-state index is 0.203. The molecule has 106 valence electrons. The van der Waals surface area contributed by atoms with Gasteiger partial charge in [-0.1, -0.05) is 0 Å². The highest BCUT2D eigenvalue weighted by Crippen LogP contribution is 2.15. The smallest absolute Gasteiger partial charge is 0.349 e. The Bertz CT molecular complexity index is 721. The molecule has 2 aromatic rings. The van der Waals surface area contributed by atoms with Crippen molar-refractivity contribution >= 4 is 16.9 Å². The van der Waals surface area contributed by atoms with Gasteiger partial charge in [-0.25, -0.2) is 9.18 Å². The highest BCUT2D eigenvalue weighted by Gasteiger charge is 2.22. The van der Waals surface area contributed by atoms with Crippen LogP contribution in [0.5, 0.6) is 0 Å². The average molecular weight is 279 g/mol. The number of aliphatic hydroxyl groups excluding tert-OH is 1. The van der Waals surface area contributed by atoms with Gasteiger partial charge in [-0.3, -0.25) is 4.79 Å². The number of carbonyl (C=O) groups is 1. The Morgan fingerprint density at radius 3 is 2.75 bits per heavy atom. The molecule has 0 saturated heterocycles. The van der Waals surface area contributed by atoms with Gasteiger partial charge in [0.15, 0.2) is 0 Å². The van der Waals surface area contributed by atoms with E-state index in [-0.39, 0.29) is 17.8 Å². The molecule has 2 rings (SSSR count). The predicted molar refractivity (Wildman–Crippen MR) is 71.1 cm³/mol. The Labute approximate surface area is 114 Å². The Morgan fingerprint density at radius 2 is 2.10 bits per heavy atom. The number of hydrogen-bond acceptors (Lipinski definition) is 4. The van der Waals surface area contributed by atoms with Crippen LogP contribution in [0.2, 0.25) is 0 Å². The van der Waals surface area contributed by atoms with E-state index in [1.165, 1.54) is 24.3 Å². The molecule has 0 radical (unpaired) electrons. The SMILES string of the molecule is CC(C)(CO)NC(=O)c1cc2cc(F)ccc2oc1=O. The fourth-order valence-electron chi connectivity index (χ4n) is 1.67. The Morgan fingerprint density at radius 1 is 1.40 bits per heavy atom. The summed E-state index contributed by atoms with van der Waals surface area (Å²) in [5, 5.41) is 11.9. The summed E-state index contributed by atoms with van der Waals surface area (Å²) in [6.45, 7) is 2.92. The van der Waals surface area contributed by atoms with Gasteiger partial charge in [0.05, 0.1) is 12.1 Å². The lowest BCUT2D eigenvalue weighted by Gasteiger charge is -2.23. The van der Waals surface area contributed by atoms with Crippen molar-refractivity contribution in [2.45, 2.75) is 19.4 Å². The second-order valence-corrected chi connectivity index (χ2v) is 5.13. The summed E-state index contributed by atoms with van der Waals surface area (Å²) in [6.07, 6.45) is 0. The third-order valence-electron chi connectivity index (χ3n) is 2.79. The van der Waals surface area contributed by atoms with E-state index in [9.17, 15) is 14.0 Å². The van der Waals surface area contributed by atoms with Crippen molar-refractivity contribution in [1.82, 2.24) is 5.32 Å².